The Kier molecular flexibility index (Phi) is 6.77. The van der Waals surface area contributed by atoms with Crippen molar-refractivity contribution in [2.75, 3.05) is 29.4 Å². The fraction of sp³-hybridized carbons (Fsp3) is 0.300. The van der Waals surface area contributed by atoms with Gasteiger partial charge in [0, 0.05) is 49.6 Å². The Morgan fingerprint density at radius 3 is 2.63 bits per heavy atom. The normalized spacial score (nSPS) is 15.8. The summed E-state index contributed by atoms with van der Waals surface area (Å²) in [5, 5.41) is 4.62. The summed E-state index contributed by atoms with van der Waals surface area (Å²) < 4.78 is 1.95. The van der Waals surface area contributed by atoms with Crippen LogP contribution in [0.2, 0.25) is 5.02 Å². The molecule has 2 aliphatic rings. The van der Waals surface area contributed by atoms with Crippen LogP contribution in [-0.2, 0) is 17.9 Å². The number of halogens is 1. The van der Waals surface area contributed by atoms with Gasteiger partial charge in [-0.25, -0.2) is 0 Å². The fourth-order valence-corrected chi connectivity index (χ4v) is 5.94. The minimum absolute atomic E-state index is 0.00133. The molecule has 0 bridgehead atoms. The second-order valence-corrected chi connectivity index (χ2v) is 10.5. The first-order valence-corrected chi connectivity index (χ1v) is 13.5. The zero-order valence-corrected chi connectivity index (χ0v) is 21.9. The summed E-state index contributed by atoms with van der Waals surface area (Å²) in [6.45, 7) is 3.50. The molecule has 0 spiro atoms. The Hall–Kier alpha value is -3.84. The summed E-state index contributed by atoms with van der Waals surface area (Å²) in [5.74, 6) is 0.532. The van der Waals surface area contributed by atoms with Crippen molar-refractivity contribution in [3.05, 3.63) is 89.3 Å². The zero-order valence-electron chi connectivity index (χ0n) is 21.1. The molecule has 0 aliphatic carbocycles. The van der Waals surface area contributed by atoms with E-state index in [2.05, 4.69) is 27.3 Å². The Balaban J connectivity index is 1.04. The topological polar surface area (TPSA) is 70.5 Å². The number of pyridine rings is 1. The number of amides is 2. The molecule has 0 unspecified atom stereocenters. The van der Waals surface area contributed by atoms with Gasteiger partial charge in [-0.15, -0.1) is 0 Å². The third-order valence-corrected chi connectivity index (χ3v) is 8.10. The van der Waals surface area contributed by atoms with Crippen molar-refractivity contribution in [1.29, 1.82) is 0 Å². The molecule has 38 heavy (non-hydrogen) atoms. The van der Waals surface area contributed by atoms with Crippen LogP contribution in [0.3, 0.4) is 0 Å². The molecule has 2 amide bonds. The molecule has 0 radical (unpaired) electrons. The molecule has 194 valence electrons. The number of hydrogen-bond acceptors (Lipinski definition) is 4. The number of nitrogens with one attached hydrogen (secondary N) is 1. The number of benzene rings is 2. The smallest absolute Gasteiger partial charge is 0.260 e. The zero-order chi connectivity index (χ0) is 26.1. The van der Waals surface area contributed by atoms with Crippen LogP contribution in [0.15, 0.2) is 73.2 Å². The van der Waals surface area contributed by atoms with E-state index in [9.17, 15) is 9.59 Å². The summed E-state index contributed by atoms with van der Waals surface area (Å²) in [5.41, 5.74) is 4.47. The van der Waals surface area contributed by atoms with Crippen LogP contribution >= 0.6 is 11.6 Å². The molecule has 8 heteroatoms. The van der Waals surface area contributed by atoms with Gasteiger partial charge in [0.1, 0.15) is 6.54 Å². The molecular weight excluding hydrogens is 498 g/mol. The molecule has 1 saturated heterocycles. The maximum absolute atomic E-state index is 13.1. The van der Waals surface area contributed by atoms with Crippen LogP contribution in [0, 0.1) is 5.92 Å². The third-order valence-electron chi connectivity index (χ3n) is 7.79. The Labute approximate surface area is 227 Å². The van der Waals surface area contributed by atoms with Crippen molar-refractivity contribution < 1.29 is 9.59 Å². The molecule has 1 N–H and O–H groups in total. The lowest BCUT2D eigenvalue weighted by Crippen LogP contribution is -2.35. The summed E-state index contributed by atoms with van der Waals surface area (Å²) >= 11 is 6.30. The van der Waals surface area contributed by atoms with Crippen molar-refractivity contribution in [3.8, 4) is 0 Å². The van der Waals surface area contributed by atoms with Gasteiger partial charge in [-0.2, -0.15) is 0 Å². The largest absolute Gasteiger partial charge is 0.371 e. The highest BCUT2D eigenvalue weighted by atomic mass is 35.5. The molecule has 7 nitrogen and oxygen atoms in total. The maximum atomic E-state index is 13.1. The average molecular weight is 528 g/mol. The van der Waals surface area contributed by atoms with Crippen molar-refractivity contribution >= 4 is 45.7 Å². The quantitative estimate of drug-likeness (QED) is 0.355. The van der Waals surface area contributed by atoms with Gasteiger partial charge < -0.3 is 19.7 Å². The van der Waals surface area contributed by atoms with Crippen molar-refractivity contribution in [3.63, 3.8) is 0 Å². The van der Waals surface area contributed by atoms with Gasteiger partial charge in [0.05, 0.1) is 22.6 Å². The lowest BCUT2D eigenvalue weighted by Gasteiger charge is -2.33. The SMILES string of the molecule is O=C(Cn1ccc2ccc(N3Cc4cccc(Cl)c4C3=O)cc21)NCCC1CCN(c2ccncc2)CC1. The molecule has 6 rings (SSSR count). The number of anilines is 2. The van der Waals surface area contributed by atoms with Gasteiger partial charge in [-0.3, -0.25) is 14.6 Å². The first kappa shape index (κ1) is 24.5. The molecule has 2 aliphatic heterocycles. The predicted molar refractivity (Wildman–Crippen MR) is 151 cm³/mol. The van der Waals surface area contributed by atoms with E-state index in [0.717, 1.165) is 54.5 Å². The van der Waals surface area contributed by atoms with Gasteiger partial charge in [-0.1, -0.05) is 29.8 Å². The first-order chi connectivity index (χ1) is 18.6. The summed E-state index contributed by atoms with van der Waals surface area (Å²) in [4.78, 5) is 34.1. The number of hydrogen-bond donors (Lipinski definition) is 1. The van der Waals surface area contributed by atoms with Crippen LogP contribution in [0.4, 0.5) is 11.4 Å². The van der Waals surface area contributed by atoms with Crippen LogP contribution < -0.4 is 15.1 Å². The molecule has 0 atom stereocenters. The van der Waals surface area contributed by atoms with E-state index >= 15 is 0 Å². The number of nitrogens with zero attached hydrogens (tertiary/aromatic N) is 4. The standard InChI is InChI=1S/C30H30ClN5O2/c31-26-3-1-2-23-19-36(30(38)29(23)26)25-5-4-22-11-17-35(27(22)18-25)20-28(37)33-14-6-21-9-15-34(16-10-21)24-7-12-32-13-8-24/h1-5,7-8,11-13,17-18,21H,6,9-10,14-16,19-20H2,(H,33,37). The van der Waals surface area contributed by atoms with E-state index in [1.54, 1.807) is 11.0 Å². The summed E-state index contributed by atoms with van der Waals surface area (Å²) in [6, 6.07) is 17.6. The number of carbonyl (C=O) groups excluding carboxylic acids is 2. The highest BCUT2D eigenvalue weighted by molar-refractivity contribution is 6.35. The van der Waals surface area contributed by atoms with E-state index in [-0.39, 0.29) is 18.4 Å². The fourth-order valence-electron chi connectivity index (χ4n) is 5.66. The van der Waals surface area contributed by atoms with E-state index < -0.39 is 0 Å². The van der Waals surface area contributed by atoms with Gasteiger partial charge in [0.25, 0.3) is 5.91 Å². The summed E-state index contributed by atoms with van der Waals surface area (Å²) in [6.07, 6.45) is 8.87. The number of rotatable bonds is 7. The van der Waals surface area contributed by atoms with Crippen LogP contribution in [0.5, 0.6) is 0 Å². The molecule has 4 aromatic rings. The highest BCUT2D eigenvalue weighted by Crippen LogP contribution is 2.34. The molecule has 1 fully saturated rings. The molecule has 2 aromatic heterocycles. The molecular formula is C30H30ClN5O2. The molecule has 4 heterocycles. The van der Waals surface area contributed by atoms with Gasteiger partial charge >= 0.3 is 0 Å². The highest BCUT2D eigenvalue weighted by Gasteiger charge is 2.30. The minimum atomic E-state index is -0.0904. The third kappa shape index (κ3) is 4.86. The van der Waals surface area contributed by atoms with Gasteiger partial charge in [0.15, 0.2) is 0 Å². The monoisotopic (exact) mass is 527 g/mol. The number of aromatic nitrogens is 2. The van der Waals surface area contributed by atoms with Crippen LogP contribution in [0.1, 0.15) is 35.2 Å². The van der Waals surface area contributed by atoms with Crippen molar-refractivity contribution in [1.82, 2.24) is 14.9 Å². The lowest BCUT2D eigenvalue weighted by atomic mass is 9.93. The Morgan fingerprint density at radius 1 is 1.03 bits per heavy atom. The number of fused-ring (bicyclic) bond motifs is 2. The van der Waals surface area contributed by atoms with Gasteiger partial charge in [0.2, 0.25) is 5.91 Å². The molecule has 2 aromatic carbocycles. The van der Waals surface area contributed by atoms with E-state index in [1.165, 1.54) is 5.69 Å². The predicted octanol–water partition coefficient (Wildman–Crippen LogP) is 5.27. The van der Waals surface area contributed by atoms with Gasteiger partial charge in [-0.05, 0) is 72.5 Å². The van der Waals surface area contributed by atoms with Crippen molar-refractivity contribution in [2.24, 2.45) is 5.92 Å². The number of carbonyl (C=O) groups is 2. The Morgan fingerprint density at radius 2 is 1.84 bits per heavy atom. The lowest BCUT2D eigenvalue weighted by molar-refractivity contribution is -0.121. The van der Waals surface area contributed by atoms with E-state index in [1.807, 2.05) is 59.6 Å². The second-order valence-electron chi connectivity index (χ2n) is 10.1. The van der Waals surface area contributed by atoms with E-state index in [0.29, 0.717) is 29.6 Å². The second kappa shape index (κ2) is 10.5. The maximum Gasteiger partial charge on any atom is 0.260 e. The number of piperidine rings is 1. The first-order valence-electron chi connectivity index (χ1n) is 13.2. The van der Waals surface area contributed by atoms with E-state index in [4.69, 9.17) is 11.6 Å². The molecule has 0 saturated carbocycles. The van der Waals surface area contributed by atoms with Crippen LogP contribution in [-0.4, -0.2) is 41.0 Å². The minimum Gasteiger partial charge on any atom is -0.371 e. The van der Waals surface area contributed by atoms with Crippen molar-refractivity contribution in [2.45, 2.75) is 32.4 Å². The van der Waals surface area contributed by atoms with Crippen LogP contribution in [0.25, 0.3) is 10.9 Å². The Bertz CT molecular complexity index is 1480. The average Bonchev–Trinajstić information content (AvgIpc) is 3.50. The summed E-state index contributed by atoms with van der Waals surface area (Å²) in [7, 11) is 0.